The Morgan fingerprint density at radius 1 is 1.25 bits per heavy atom. The number of fused-ring (bicyclic) bond motifs is 1. The van der Waals surface area contributed by atoms with Gasteiger partial charge in [0.2, 0.25) is 0 Å². The van der Waals surface area contributed by atoms with Crippen molar-refractivity contribution < 1.29 is 9.13 Å². The van der Waals surface area contributed by atoms with Crippen LogP contribution in [0.5, 0.6) is 5.75 Å². The summed E-state index contributed by atoms with van der Waals surface area (Å²) < 4.78 is 20.1. The molecule has 1 atom stereocenters. The highest BCUT2D eigenvalue weighted by atomic mass is 79.9. The van der Waals surface area contributed by atoms with Gasteiger partial charge in [0.15, 0.2) is 0 Å². The summed E-state index contributed by atoms with van der Waals surface area (Å²) in [7, 11) is 0. The van der Waals surface area contributed by atoms with Crippen molar-refractivity contribution in [2.24, 2.45) is 0 Å². The molecule has 1 heterocycles. The first-order valence-corrected chi connectivity index (χ1v) is 7.38. The second-order valence-corrected chi connectivity index (χ2v) is 5.89. The van der Waals surface area contributed by atoms with Crippen LogP contribution in [0.2, 0.25) is 0 Å². The molecule has 0 aliphatic carbocycles. The van der Waals surface area contributed by atoms with Gasteiger partial charge >= 0.3 is 0 Å². The van der Waals surface area contributed by atoms with E-state index < -0.39 is 0 Å². The molecule has 2 aromatic carbocycles. The highest BCUT2D eigenvalue weighted by Gasteiger charge is 2.22. The maximum atomic E-state index is 13.4. The van der Waals surface area contributed by atoms with Gasteiger partial charge in [0, 0.05) is 22.1 Å². The molecule has 2 aromatic rings. The maximum Gasteiger partial charge on any atom is 0.125 e. The van der Waals surface area contributed by atoms with Crippen LogP contribution in [0.4, 0.5) is 10.1 Å². The third-order valence-corrected chi connectivity index (χ3v) is 4.03. The SMILES string of the molecule is Cc1ccc(F)cc1NC1CCOc2ccc(Br)cc21. The molecule has 1 N–H and O–H groups in total. The molecule has 1 aliphatic heterocycles. The lowest BCUT2D eigenvalue weighted by atomic mass is 10.00. The molecule has 3 rings (SSSR count). The van der Waals surface area contributed by atoms with Gasteiger partial charge in [-0.05, 0) is 42.8 Å². The van der Waals surface area contributed by atoms with E-state index in [1.807, 2.05) is 19.1 Å². The fourth-order valence-corrected chi connectivity index (χ4v) is 2.83. The average Bonchev–Trinajstić information content (AvgIpc) is 2.43. The Labute approximate surface area is 126 Å². The van der Waals surface area contributed by atoms with Crippen molar-refractivity contribution in [2.75, 3.05) is 11.9 Å². The first-order valence-electron chi connectivity index (χ1n) is 6.58. The van der Waals surface area contributed by atoms with E-state index in [2.05, 4.69) is 27.3 Å². The van der Waals surface area contributed by atoms with Crippen LogP contribution >= 0.6 is 15.9 Å². The zero-order valence-corrected chi connectivity index (χ0v) is 12.7. The van der Waals surface area contributed by atoms with Crippen LogP contribution in [0.25, 0.3) is 0 Å². The van der Waals surface area contributed by atoms with Crippen LogP contribution in [0.3, 0.4) is 0 Å². The van der Waals surface area contributed by atoms with Crippen molar-refractivity contribution in [1.29, 1.82) is 0 Å². The van der Waals surface area contributed by atoms with E-state index in [1.165, 1.54) is 6.07 Å². The van der Waals surface area contributed by atoms with E-state index in [1.54, 1.807) is 12.1 Å². The zero-order valence-electron chi connectivity index (χ0n) is 11.1. The Balaban J connectivity index is 1.93. The molecule has 20 heavy (non-hydrogen) atoms. The fraction of sp³-hybridized carbons (Fsp3) is 0.250. The molecule has 0 amide bonds. The molecule has 1 aliphatic rings. The summed E-state index contributed by atoms with van der Waals surface area (Å²) in [5.74, 6) is 0.672. The summed E-state index contributed by atoms with van der Waals surface area (Å²) in [4.78, 5) is 0. The van der Waals surface area contributed by atoms with Crippen LogP contribution < -0.4 is 10.1 Å². The normalized spacial score (nSPS) is 17.2. The van der Waals surface area contributed by atoms with Crippen molar-refractivity contribution in [1.82, 2.24) is 0 Å². The quantitative estimate of drug-likeness (QED) is 0.848. The van der Waals surface area contributed by atoms with E-state index in [9.17, 15) is 4.39 Å². The van der Waals surface area contributed by atoms with Gasteiger partial charge in [0.05, 0.1) is 12.6 Å². The highest BCUT2D eigenvalue weighted by molar-refractivity contribution is 9.10. The van der Waals surface area contributed by atoms with Gasteiger partial charge in [0.1, 0.15) is 11.6 Å². The monoisotopic (exact) mass is 335 g/mol. The van der Waals surface area contributed by atoms with Gasteiger partial charge in [-0.1, -0.05) is 22.0 Å². The fourth-order valence-electron chi connectivity index (χ4n) is 2.45. The molecular weight excluding hydrogens is 321 g/mol. The van der Waals surface area contributed by atoms with Crippen molar-refractivity contribution in [3.63, 3.8) is 0 Å². The van der Waals surface area contributed by atoms with Crippen molar-refractivity contribution >= 4 is 21.6 Å². The molecule has 1 unspecified atom stereocenters. The number of aryl methyl sites for hydroxylation is 1. The Hall–Kier alpha value is -1.55. The van der Waals surface area contributed by atoms with E-state index in [4.69, 9.17) is 4.74 Å². The lowest BCUT2D eigenvalue weighted by Crippen LogP contribution is -2.20. The second-order valence-electron chi connectivity index (χ2n) is 4.98. The summed E-state index contributed by atoms with van der Waals surface area (Å²) in [6, 6.07) is 10.9. The largest absolute Gasteiger partial charge is 0.493 e. The Bertz CT molecular complexity index is 644. The highest BCUT2D eigenvalue weighted by Crippen LogP contribution is 2.36. The third-order valence-electron chi connectivity index (χ3n) is 3.54. The van der Waals surface area contributed by atoms with E-state index in [0.29, 0.717) is 6.61 Å². The van der Waals surface area contributed by atoms with Crippen molar-refractivity contribution in [2.45, 2.75) is 19.4 Å². The number of anilines is 1. The van der Waals surface area contributed by atoms with Crippen LogP contribution in [0, 0.1) is 12.7 Å². The predicted molar refractivity (Wildman–Crippen MR) is 81.8 cm³/mol. The third kappa shape index (κ3) is 2.66. The average molecular weight is 336 g/mol. The number of nitrogens with one attached hydrogen (secondary N) is 1. The minimum Gasteiger partial charge on any atom is -0.493 e. The van der Waals surface area contributed by atoms with Gasteiger partial charge < -0.3 is 10.1 Å². The van der Waals surface area contributed by atoms with Crippen LogP contribution in [-0.2, 0) is 0 Å². The number of hydrogen-bond donors (Lipinski definition) is 1. The number of rotatable bonds is 2. The second kappa shape index (κ2) is 5.44. The first kappa shape index (κ1) is 13.4. The van der Waals surface area contributed by atoms with Crippen molar-refractivity contribution in [3.05, 3.63) is 57.8 Å². The number of benzene rings is 2. The molecule has 0 radical (unpaired) electrons. The number of hydrogen-bond acceptors (Lipinski definition) is 2. The smallest absolute Gasteiger partial charge is 0.125 e. The molecule has 0 fully saturated rings. The van der Waals surface area contributed by atoms with Crippen LogP contribution in [0.15, 0.2) is 40.9 Å². The van der Waals surface area contributed by atoms with Crippen molar-refractivity contribution in [3.8, 4) is 5.75 Å². The molecule has 0 saturated carbocycles. The summed E-state index contributed by atoms with van der Waals surface area (Å²) in [6.45, 7) is 2.64. The minimum atomic E-state index is -0.223. The maximum absolute atomic E-state index is 13.4. The summed E-state index contributed by atoms with van der Waals surface area (Å²) in [5, 5.41) is 3.43. The standard InChI is InChI=1S/C16H15BrFNO/c1-10-2-4-12(18)9-15(10)19-14-6-7-20-16-5-3-11(17)8-13(14)16/h2-5,8-9,14,19H,6-7H2,1H3. The summed E-state index contributed by atoms with van der Waals surface area (Å²) >= 11 is 3.49. The van der Waals surface area contributed by atoms with E-state index >= 15 is 0 Å². The molecule has 0 bridgehead atoms. The molecule has 0 spiro atoms. The molecule has 4 heteroatoms. The first-order chi connectivity index (χ1) is 9.63. The number of halogens is 2. The van der Waals surface area contributed by atoms with Crippen LogP contribution in [-0.4, -0.2) is 6.61 Å². The molecule has 104 valence electrons. The predicted octanol–water partition coefficient (Wildman–Crippen LogP) is 4.83. The lowest BCUT2D eigenvalue weighted by molar-refractivity contribution is 0.274. The Morgan fingerprint density at radius 2 is 2.10 bits per heavy atom. The van der Waals surface area contributed by atoms with Gasteiger partial charge in [-0.15, -0.1) is 0 Å². The summed E-state index contributed by atoms with van der Waals surface area (Å²) in [6.07, 6.45) is 0.861. The Kier molecular flexibility index (Phi) is 3.66. The van der Waals surface area contributed by atoms with Gasteiger partial charge in [-0.25, -0.2) is 4.39 Å². The zero-order chi connectivity index (χ0) is 14.1. The topological polar surface area (TPSA) is 21.3 Å². The molecular formula is C16H15BrFNO. The number of ether oxygens (including phenoxy) is 1. The van der Waals surface area contributed by atoms with Gasteiger partial charge in [0.25, 0.3) is 0 Å². The molecule has 2 nitrogen and oxygen atoms in total. The molecule has 0 aromatic heterocycles. The molecule has 0 saturated heterocycles. The van der Waals surface area contributed by atoms with E-state index in [-0.39, 0.29) is 11.9 Å². The minimum absolute atomic E-state index is 0.136. The van der Waals surface area contributed by atoms with E-state index in [0.717, 1.165) is 33.5 Å². The lowest BCUT2D eigenvalue weighted by Gasteiger charge is -2.28. The van der Waals surface area contributed by atoms with Crippen LogP contribution in [0.1, 0.15) is 23.6 Å². The summed E-state index contributed by atoms with van der Waals surface area (Å²) in [5.41, 5.74) is 2.98. The van der Waals surface area contributed by atoms with Gasteiger partial charge in [-0.2, -0.15) is 0 Å². The Morgan fingerprint density at radius 3 is 2.95 bits per heavy atom. The van der Waals surface area contributed by atoms with Gasteiger partial charge in [-0.3, -0.25) is 0 Å².